The van der Waals surface area contributed by atoms with Gasteiger partial charge in [-0.1, -0.05) is 0 Å². The number of methoxy groups -OCH3 is 1. The van der Waals surface area contributed by atoms with Gasteiger partial charge in [0, 0.05) is 20.2 Å². The molecule has 20 heavy (non-hydrogen) atoms. The Morgan fingerprint density at radius 3 is 2.90 bits per heavy atom. The third kappa shape index (κ3) is 3.45. The second kappa shape index (κ2) is 6.33. The lowest BCUT2D eigenvalue weighted by Gasteiger charge is -2.31. The number of amides is 2. The van der Waals surface area contributed by atoms with Gasteiger partial charge >= 0.3 is 12.0 Å². The molecule has 1 aliphatic heterocycles. The summed E-state index contributed by atoms with van der Waals surface area (Å²) in [4.78, 5) is 28.2. The highest BCUT2D eigenvalue weighted by Crippen LogP contribution is 2.14. The van der Waals surface area contributed by atoms with E-state index in [1.165, 1.54) is 18.3 Å². The Bertz CT molecular complexity index is 489. The van der Waals surface area contributed by atoms with E-state index in [2.05, 4.69) is 10.3 Å². The van der Waals surface area contributed by atoms with Crippen LogP contribution in [0.25, 0.3) is 0 Å². The van der Waals surface area contributed by atoms with Gasteiger partial charge in [0.25, 0.3) is 0 Å². The van der Waals surface area contributed by atoms with Crippen molar-refractivity contribution in [2.24, 2.45) is 0 Å². The molecule has 1 aliphatic rings. The van der Waals surface area contributed by atoms with Crippen molar-refractivity contribution in [2.45, 2.75) is 18.9 Å². The van der Waals surface area contributed by atoms with Gasteiger partial charge in [-0.2, -0.15) is 0 Å². The normalized spacial score (nSPS) is 18.6. The van der Waals surface area contributed by atoms with E-state index in [9.17, 15) is 9.59 Å². The van der Waals surface area contributed by atoms with Crippen LogP contribution in [-0.2, 0) is 4.74 Å². The molecule has 2 rings (SSSR count). The van der Waals surface area contributed by atoms with Crippen molar-refractivity contribution in [1.82, 2.24) is 9.88 Å². The molecule has 0 bridgehead atoms. The molecule has 0 spiro atoms. The summed E-state index contributed by atoms with van der Waals surface area (Å²) in [5.74, 6) is -1.10. The van der Waals surface area contributed by atoms with Gasteiger partial charge in [0.05, 0.1) is 18.0 Å². The van der Waals surface area contributed by atoms with Gasteiger partial charge in [-0.3, -0.25) is 0 Å². The minimum Gasteiger partial charge on any atom is -0.477 e. The zero-order valence-corrected chi connectivity index (χ0v) is 11.2. The molecule has 2 N–H and O–H groups in total. The lowest BCUT2D eigenvalue weighted by Crippen LogP contribution is -2.44. The second-order valence-electron chi connectivity index (χ2n) is 4.61. The highest BCUT2D eigenvalue weighted by atomic mass is 16.5. The third-order valence-electron chi connectivity index (χ3n) is 3.23. The maximum Gasteiger partial charge on any atom is 0.354 e. The number of aromatic nitrogens is 1. The van der Waals surface area contributed by atoms with Gasteiger partial charge in [-0.25, -0.2) is 14.6 Å². The Balaban J connectivity index is 1.95. The van der Waals surface area contributed by atoms with Crippen LogP contribution in [0.5, 0.6) is 0 Å². The van der Waals surface area contributed by atoms with Crippen LogP contribution in [0.3, 0.4) is 0 Å². The van der Waals surface area contributed by atoms with Crippen molar-refractivity contribution in [3.05, 3.63) is 24.0 Å². The monoisotopic (exact) mass is 279 g/mol. The van der Waals surface area contributed by atoms with Gasteiger partial charge < -0.3 is 20.1 Å². The fraction of sp³-hybridized carbons (Fsp3) is 0.462. The van der Waals surface area contributed by atoms with Crippen LogP contribution in [0.2, 0.25) is 0 Å². The third-order valence-corrected chi connectivity index (χ3v) is 3.23. The maximum absolute atomic E-state index is 12.1. The summed E-state index contributed by atoms with van der Waals surface area (Å²) in [6.45, 7) is 1.25. The highest BCUT2D eigenvalue weighted by molar-refractivity contribution is 5.90. The van der Waals surface area contributed by atoms with Crippen LogP contribution in [0.4, 0.5) is 10.5 Å². The number of nitrogens with one attached hydrogen (secondary N) is 1. The minimum atomic E-state index is -1.10. The summed E-state index contributed by atoms with van der Waals surface area (Å²) >= 11 is 0. The first kappa shape index (κ1) is 14.3. The first-order valence-electron chi connectivity index (χ1n) is 6.38. The van der Waals surface area contributed by atoms with Crippen LogP contribution < -0.4 is 5.32 Å². The molecule has 1 unspecified atom stereocenters. The molecule has 2 heterocycles. The lowest BCUT2D eigenvalue weighted by molar-refractivity contribution is 0.0458. The Hall–Kier alpha value is -2.15. The molecule has 1 atom stereocenters. The predicted octanol–water partition coefficient (Wildman–Crippen LogP) is 1.42. The largest absolute Gasteiger partial charge is 0.477 e. The van der Waals surface area contributed by atoms with Crippen LogP contribution in [0.1, 0.15) is 23.3 Å². The van der Waals surface area contributed by atoms with Gasteiger partial charge in [0.15, 0.2) is 0 Å². The van der Waals surface area contributed by atoms with E-state index in [0.717, 1.165) is 12.8 Å². The van der Waals surface area contributed by atoms with Crippen molar-refractivity contribution >= 4 is 17.7 Å². The summed E-state index contributed by atoms with van der Waals surface area (Å²) in [7, 11) is 1.64. The molecule has 0 radical (unpaired) electrons. The summed E-state index contributed by atoms with van der Waals surface area (Å²) in [6.07, 6.45) is 3.26. The molecule has 0 aromatic carbocycles. The van der Waals surface area contributed by atoms with Crippen molar-refractivity contribution in [2.75, 3.05) is 25.5 Å². The number of piperidine rings is 1. The van der Waals surface area contributed by atoms with E-state index in [-0.39, 0.29) is 17.8 Å². The number of anilines is 1. The molecule has 1 aromatic heterocycles. The predicted molar refractivity (Wildman–Crippen MR) is 71.8 cm³/mol. The first-order valence-corrected chi connectivity index (χ1v) is 6.38. The molecule has 1 saturated heterocycles. The lowest BCUT2D eigenvalue weighted by atomic mass is 10.1. The number of urea groups is 1. The van der Waals surface area contributed by atoms with Gasteiger partial charge in [0.2, 0.25) is 0 Å². The zero-order chi connectivity index (χ0) is 14.5. The highest BCUT2D eigenvalue weighted by Gasteiger charge is 2.23. The molecule has 2 amide bonds. The van der Waals surface area contributed by atoms with Crippen molar-refractivity contribution in [1.29, 1.82) is 0 Å². The van der Waals surface area contributed by atoms with Crippen molar-refractivity contribution in [3.8, 4) is 0 Å². The molecule has 7 nitrogen and oxygen atoms in total. The number of carbonyl (C=O) groups is 2. The molecule has 0 aliphatic carbocycles. The molecule has 0 saturated carbocycles. The molecular weight excluding hydrogens is 262 g/mol. The number of pyridine rings is 1. The fourth-order valence-corrected chi connectivity index (χ4v) is 2.11. The Morgan fingerprint density at radius 1 is 1.50 bits per heavy atom. The van der Waals surface area contributed by atoms with Crippen LogP contribution >= 0.6 is 0 Å². The number of likely N-dealkylation sites (tertiary alicyclic amines) is 1. The van der Waals surface area contributed by atoms with E-state index in [4.69, 9.17) is 9.84 Å². The number of ether oxygens (including phenoxy) is 1. The molecule has 108 valence electrons. The molecule has 1 aromatic rings. The Morgan fingerprint density at radius 2 is 2.30 bits per heavy atom. The number of nitrogens with zero attached hydrogens (tertiary/aromatic N) is 2. The van der Waals surface area contributed by atoms with Crippen LogP contribution in [0, 0.1) is 0 Å². The topological polar surface area (TPSA) is 91.8 Å². The van der Waals surface area contributed by atoms with Crippen molar-refractivity contribution in [3.63, 3.8) is 0 Å². The van der Waals surface area contributed by atoms with E-state index in [1.54, 1.807) is 12.0 Å². The Kier molecular flexibility index (Phi) is 4.52. The first-order chi connectivity index (χ1) is 9.60. The number of hydrogen-bond acceptors (Lipinski definition) is 4. The summed E-state index contributed by atoms with van der Waals surface area (Å²) in [5.41, 5.74) is 0.417. The number of hydrogen-bond donors (Lipinski definition) is 2. The molecule has 1 fully saturated rings. The summed E-state index contributed by atoms with van der Waals surface area (Å²) in [5, 5.41) is 11.4. The van der Waals surface area contributed by atoms with Gasteiger partial charge in [-0.15, -0.1) is 0 Å². The smallest absolute Gasteiger partial charge is 0.354 e. The number of carboxylic acids is 1. The van der Waals surface area contributed by atoms with Gasteiger partial charge in [-0.05, 0) is 25.0 Å². The summed E-state index contributed by atoms with van der Waals surface area (Å²) < 4.78 is 5.26. The standard InChI is InChI=1S/C13H17N3O4/c1-20-10-3-2-6-16(8-10)13(19)15-9-4-5-11(12(17)18)14-7-9/h4-5,7,10H,2-3,6,8H2,1H3,(H,15,19)(H,17,18). The maximum atomic E-state index is 12.1. The fourth-order valence-electron chi connectivity index (χ4n) is 2.11. The SMILES string of the molecule is COC1CCCN(C(=O)Nc2ccc(C(=O)O)nc2)C1. The van der Waals surface area contributed by atoms with Crippen LogP contribution in [0.15, 0.2) is 18.3 Å². The number of carbonyl (C=O) groups excluding carboxylic acids is 1. The van der Waals surface area contributed by atoms with Crippen LogP contribution in [-0.4, -0.2) is 53.3 Å². The molecule has 7 heteroatoms. The number of aromatic carboxylic acids is 1. The van der Waals surface area contributed by atoms with Gasteiger partial charge in [0.1, 0.15) is 5.69 Å². The van der Waals surface area contributed by atoms with Crippen molar-refractivity contribution < 1.29 is 19.4 Å². The van der Waals surface area contributed by atoms with E-state index < -0.39 is 5.97 Å². The Labute approximate surface area is 116 Å². The second-order valence-corrected chi connectivity index (χ2v) is 4.61. The average Bonchev–Trinajstić information content (AvgIpc) is 2.47. The number of carboxylic acid groups (broad SMARTS) is 1. The van der Waals surface area contributed by atoms with E-state index in [0.29, 0.717) is 18.8 Å². The van der Waals surface area contributed by atoms with E-state index >= 15 is 0 Å². The molecular formula is C13H17N3O4. The quantitative estimate of drug-likeness (QED) is 0.873. The summed E-state index contributed by atoms with van der Waals surface area (Å²) in [6, 6.07) is 2.65. The van der Waals surface area contributed by atoms with E-state index in [1.807, 2.05) is 0 Å². The zero-order valence-electron chi connectivity index (χ0n) is 11.2. The average molecular weight is 279 g/mol. The number of rotatable bonds is 3. The minimum absolute atomic E-state index is 0.0552.